The molecule has 0 spiro atoms. The molecule has 0 unspecified atom stereocenters. The lowest BCUT2D eigenvalue weighted by molar-refractivity contribution is -0.116. The van der Waals surface area contributed by atoms with Gasteiger partial charge in [0.15, 0.2) is 11.7 Å². The Labute approximate surface area is 194 Å². The maximum absolute atomic E-state index is 12.5. The number of halogens is 1. The van der Waals surface area contributed by atoms with E-state index in [-0.39, 0.29) is 22.2 Å². The van der Waals surface area contributed by atoms with Crippen molar-refractivity contribution in [2.45, 2.75) is 17.1 Å². The van der Waals surface area contributed by atoms with Gasteiger partial charge in [0.1, 0.15) is 4.21 Å². The Balaban J connectivity index is 1.38. The van der Waals surface area contributed by atoms with E-state index in [2.05, 4.69) is 15.0 Å². The zero-order valence-electron chi connectivity index (χ0n) is 16.6. The van der Waals surface area contributed by atoms with Gasteiger partial charge in [-0.25, -0.2) is 13.4 Å². The summed E-state index contributed by atoms with van der Waals surface area (Å²) in [6, 6.07) is 17.0. The van der Waals surface area contributed by atoms with E-state index < -0.39 is 10.0 Å². The highest BCUT2D eigenvalue weighted by Crippen LogP contribution is 2.27. The van der Waals surface area contributed by atoms with Crippen molar-refractivity contribution in [3.8, 4) is 11.3 Å². The number of anilines is 2. The van der Waals surface area contributed by atoms with Gasteiger partial charge in [-0.1, -0.05) is 29.8 Å². The standard InChI is InChI=1S/C22H18ClN3O4S2/c23-16-9-7-15(8-10-16)19-14-24-21(30-19)12-11-20(27)25-17-4-1-2-5-18(17)26-32(28,29)22-6-3-13-31-22/h1-10,13-14,26H,11-12H2,(H,25,27). The highest BCUT2D eigenvalue weighted by molar-refractivity contribution is 7.94. The van der Waals surface area contributed by atoms with Gasteiger partial charge >= 0.3 is 0 Å². The summed E-state index contributed by atoms with van der Waals surface area (Å²) in [6.07, 6.45) is 2.01. The lowest BCUT2D eigenvalue weighted by Gasteiger charge is -2.12. The number of benzene rings is 2. The van der Waals surface area contributed by atoms with E-state index in [0.717, 1.165) is 16.9 Å². The third kappa shape index (κ3) is 5.37. The Bertz CT molecular complexity index is 1320. The van der Waals surface area contributed by atoms with Crippen molar-refractivity contribution in [3.63, 3.8) is 0 Å². The molecular formula is C22H18ClN3O4S2. The largest absolute Gasteiger partial charge is 0.441 e. The number of rotatable bonds is 8. The van der Waals surface area contributed by atoms with E-state index >= 15 is 0 Å². The zero-order chi connectivity index (χ0) is 22.6. The number of nitrogens with one attached hydrogen (secondary N) is 2. The van der Waals surface area contributed by atoms with E-state index in [0.29, 0.717) is 28.8 Å². The lowest BCUT2D eigenvalue weighted by atomic mass is 10.2. The van der Waals surface area contributed by atoms with Crippen molar-refractivity contribution in [3.05, 3.63) is 83.2 Å². The van der Waals surface area contributed by atoms with Crippen LogP contribution in [-0.4, -0.2) is 19.3 Å². The number of aryl methyl sites for hydroxylation is 1. The number of carbonyl (C=O) groups excluding carboxylic acids is 1. The molecule has 1 amide bonds. The van der Waals surface area contributed by atoms with Crippen molar-refractivity contribution in [2.24, 2.45) is 0 Å². The molecule has 2 heterocycles. The van der Waals surface area contributed by atoms with Crippen molar-refractivity contribution < 1.29 is 17.6 Å². The van der Waals surface area contributed by atoms with Gasteiger partial charge in [0.05, 0.1) is 17.6 Å². The summed E-state index contributed by atoms with van der Waals surface area (Å²) >= 11 is 7.01. The molecule has 0 saturated heterocycles. The molecule has 4 rings (SSSR count). The third-order valence-electron chi connectivity index (χ3n) is 4.45. The molecule has 32 heavy (non-hydrogen) atoms. The Kier molecular flexibility index (Phi) is 6.59. The fourth-order valence-corrected chi connectivity index (χ4v) is 5.10. The molecule has 2 aromatic carbocycles. The van der Waals surface area contributed by atoms with Gasteiger partial charge < -0.3 is 9.73 Å². The van der Waals surface area contributed by atoms with Gasteiger partial charge in [0.25, 0.3) is 10.0 Å². The minimum Gasteiger partial charge on any atom is -0.441 e. The number of sulfonamides is 1. The third-order valence-corrected chi connectivity index (χ3v) is 7.47. The molecular weight excluding hydrogens is 470 g/mol. The molecule has 2 N–H and O–H groups in total. The van der Waals surface area contributed by atoms with E-state index in [4.69, 9.17) is 16.0 Å². The maximum atomic E-state index is 12.5. The van der Waals surface area contributed by atoms with Crippen molar-refractivity contribution >= 4 is 50.2 Å². The Morgan fingerprint density at radius 2 is 1.78 bits per heavy atom. The van der Waals surface area contributed by atoms with Crippen molar-refractivity contribution in [2.75, 3.05) is 10.0 Å². The van der Waals surface area contributed by atoms with Crippen LogP contribution in [0, 0.1) is 0 Å². The predicted molar refractivity (Wildman–Crippen MR) is 125 cm³/mol. The summed E-state index contributed by atoms with van der Waals surface area (Å²) in [7, 11) is -3.73. The summed E-state index contributed by atoms with van der Waals surface area (Å²) in [6.45, 7) is 0. The number of carbonyl (C=O) groups is 1. The fourth-order valence-electron chi connectivity index (χ4n) is 2.90. The molecule has 10 heteroatoms. The predicted octanol–water partition coefficient (Wildman–Crippen LogP) is 5.43. The summed E-state index contributed by atoms with van der Waals surface area (Å²) in [5.74, 6) is 0.723. The molecule has 0 atom stereocenters. The average Bonchev–Trinajstić information content (AvgIpc) is 3.47. The first-order chi connectivity index (χ1) is 15.4. The van der Waals surface area contributed by atoms with Gasteiger partial charge in [-0.15, -0.1) is 11.3 Å². The fraction of sp³-hybridized carbons (Fsp3) is 0.0909. The molecule has 0 aliphatic heterocycles. The molecule has 4 aromatic rings. The quantitative estimate of drug-likeness (QED) is 0.345. The van der Waals surface area contributed by atoms with Gasteiger partial charge in [-0.05, 0) is 47.8 Å². The van der Waals surface area contributed by atoms with Crippen LogP contribution in [0.1, 0.15) is 12.3 Å². The molecule has 7 nitrogen and oxygen atoms in total. The number of amides is 1. The van der Waals surface area contributed by atoms with Crippen LogP contribution in [0.15, 0.2) is 80.9 Å². The second-order valence-electron chi connectivity index (χ2n) is 6.76. The Morgan fingerprint density at radius 1 is 1.03 bits per heavy atom. The van der Waals surface area contributed by atoms with E-state index in [9.17, 15) is 13.2 Å². The first-order valence-corrected chi connectivity index (χ1v) is 12.3. The van der Waals surface area contributed by atoms with Crippen LogP contribution >= 0.6 is 22.9 Å². The number of thiophene rings is 1. The number of aromatic nitrogens is 1. The second kappa shape index (κ2) is 9.56. The van der Waals surface area contributed by atoms with E-state index in [1.54, 1.807) is 54.0 Å². The molecule has 0 saturated carbocycles. The van der Waals surface area contributed by atoms with E-state index in [1.807, 2.05) is 12.1 Å². The molecule has 0 fully saturated rings. The SMILES string of the molecule is O=C(CCc1ncc(-c2ccc(Cl)cc2)o1)Nc1ccccc1NS(=O)(=O)c1cccs1. The molecule has 2 aromatic heterocycles. The normalized spacial score (nSPS) is 11.3. The zero-order valence-corrected chi connectivity index (χ0v) is 19.0. The summed E-state index contributed by atoms with van der Waals surface area (Å²) in [4.78, 5) is 16.7. The van der Waals surface area contributed by atoms with Crippen molar-refractivity contribution in [1.82, 2.24) is 4.98 Å². The Morgan fingerprint density at radius 3 is 2.50 bits per heavy atom. The summed E-state index contributed by atoms with van der Waals surface area (Å²) in [5.41, 5.74) is 1.49. The van der Waals surface area contributed by atoms with Gasteiger partial charge in [0, 0.05) is 23.4 Å². The van der Waals surface area contributed by atoms with Crippen LogP contribution in [0.3, 0.4) is 0 Å². The van der Waals surface area contributed by atoms with Crippen LogP contribution in [0.2, 0.25) is 5.02 Å². The number of nitrogens with zero attached hydrogens (tertiary/aromatic N) is 1. The molecule has 0 radical (unpaired) electrons. The topological polar surface area (TPSA) is 101 Å². The molecule has 0 bridgehead atoms. The first-order valence-electron chi connectivity index (χ1n) is 9.56. The second-order valence-corrected chi connectivity index (χ2v) is 10.0. The number of oxazole rings is 1. The number of para-hydroxylation sites is 2. The van der Waals surface area contributed by atoms with Crippen molar-refractivity contribution in [1.29, 1.82) is 0 Å². The van der Waals surface area contributed by atoms with Gasteiger partial charge in [-0.2, -0.15) is 0 Å². The van der Waals surface area contributed by atoms with Crippen LogP contribution in [-0.2, 0) is 21.2 Å². The molecule has 164 valence electrons. The average molecular weight is 488 g/mol. The number of hydrogen-bond acceptors (Lipinski definition) is 6. The minimum absolute atomic E-state index is 0.118. The minimum atomic E-state index is -3.73. The van der Waals surface area contributed by atoms with E-state index in [1.165, 1.54) is 6.07 Å². The highest BCUT2D eigenvalue weighted by Gasteiger charge is 2.18. The lowest BCUT2D eigenvalue weighted by Crippen LogP contribution is -2.16. The smallest absolute Gasteiger partial charge is 0.271 e. The molecule has 0 aliphatic carbocycles. The highest BCUT2D eigenvalue weighted by atomic mass is 35.5. The maximum Gasteiger partial charge on any atom is 0.271 e. The Hall–Kier alpha value is -3.14. The summed E-state index contributed by atoms with van der Waals surface area (Å²) in [5, 5.41) is 5.06. The van der Waals surface area contributed by atoms with Crippen LogP contribution in [0.5, 0.6) is 0 Å². The first kappa shape index (κ1) is 22.1. The van der Waals surface area contributed by atoms with Gasteiger partial charge in [0.2, 0.25) is 5.91 Å². The van der Waals surface area contributed by atoms with Crippen LogP contribution in [0.4, 0.5) is 11.4 Å². The van der Waals surface area contributed by atoms with Gasteiger partial charge in [-0.3, -0.25) is 9.52 Å². The number of hydrogen-bond donors (Lipinski definition) is 2. The van der Waals surface area contributed by atoms with Crippen LogP contribution < -0.4 is 10.0 Å². The monoisotopic (exact) mass is 487 g/mol. The summed E-state index contributed by atoms with van der Waals surface area (Å²) < 4.78 is 33.4. The van der Waals surface area contributed by atoms with Crippen LogP contribution in [0.25, 0.3) is 11.3 Å². The molecule has 0 aliphatic rings.